The molecule has 234 valence electrons. The van der Waals surface area contributed by atoms with Gasteiger partial charge in [-0.3, -0.25) is 0 Å². The molecule has 44 heavy (non-hydrogen) atoms. The van der Waals surface area contributed by atoms with Crippen LogP contribution in [0.25, 0.3) is 0 Å². The zero-order valence-electron chi connectivity index (χ0n) is 26.6. The first-order valence-electron chi connectivity index (χ1n) is 14.8. The Morgan fingerprint density at radius 1 is 0.568 bits per heavy atom. The van der Waals surface area contributed by atoms with Crippen LogP contribution >= 0.6 is 15.9 Å². The van der Waals surface area contributed by atoms with Crippen molar-refractivity contribution in [2.24, 2.45) is 0 Å². The van der Waals surface area contributed by atoms with Crippen LogP contribution in [0.3, 0.4) is 0 Å². The Morgan fingerprint density at radius 2 is 1.18 bits per heavy atom. The van der Waals surface area contributed by atoms with Gasteiger partial charge in [0.2, 0.25) is 0 Å². The number of ether oxygens (including phenoxy) is 6. The quantitative estimate of drug-likeness (QED) is 0.0845. The van der Waals surface area contributed by atoms with Crippen molar-refractivity contribution in [3.63, 3.8) is 0 Å². The standard InChI is InChI=1S/C33H34BrO6.3CH3.Sn/c1-35-22-38-30-6-4-5-25(19-30)7-8-26-12-18-32(39-23-36-2)33(20-26)40-28-14-10-24(11-15-28)9-13-27-21-29(37-3)16-17-31(27)34;;;;/h4,6,10-12,14-21H,7-9,13,22-23H2,1-3H3;3*1H3;. The van der Waals surface area contributed by atoms with Crippen LogP contribution < -0.4 is 22.5 Å². The first-order chi connectivity index (χ1) is 21.2. The van der Waals surface area contributed by atoms with Crippen LogP contribution in [0, 0.1) is 0 Å². The Bertz CT molecular complexity index is 1500. The van der Waals surface area contributed by atoms with Gasteiger partial charge in [-0.1, -0.05) is 15.9 Å². The van der Waals surface area contributed by atoms with Crippen molar-refractivity contribution in [1.29, 1.82) is 0 Å². The molecule has 0 aromatic heterocycles. The van der Waals surface area contributed by atoms with Crippen LogP contribution in [-0.2, 0) is 35.2 Å². The number of hydrogen-bond acceptors (Lipinski definition) is 6. The molecule has 0 heterocycles. The average Bonchev–Trinajstić information content (AvgIpc) is 3.02. The Morgan fingerprint density at radius 3 is 1.89 bits per heavy atom. The van der Waals surface area contributed by atoms with Crippen molar-refractivity contribution in [2.75, 3.05) is 34.9 Å². The zero-order valence-corrected chi connectivity index (χ0v) is 31.0. The normalized spacial score (nSPS) is 11.3. The molecular weight excluding hydrogens is 727 g/mol. The topological polar surface area (TPSA) is 55.4 Å². The molecule has 0 atom stereocenters. The molecule has 0 N–H and O–H groups in total. The molecule has 0 saturated carbocycles. The number of rotatable bonds is 16. The van der Waals surface area contributed by atoms with Gasteiger partial charge < -0.3 is 4.74 Å². The van der Waals surface area contributed by atoms with E-state index in [2.05, 4.69) is 79.3 Å². The predicted octanol–water partition coefficient (Wildman–Crippen LogP) is 8.33. The van der Waals surface area contributed by atoms with Crippen molar-refractivity contribution in [3.8, 4) is 28.7 Å². The molecule has 0 fully saturated rings. The maximum atomic E-state index is 6.38. The Balaban J connectivity index is 1.48. The van der Waals surface area contributed by atoms with E-state index in [0.29, 0.717) is 11.5 Å². The van der Waals surface area contributed by atoms with Crippen molar-refractivity contribution in [1.82, 2.24) is 0 Å². The van der Waals surface area contributed by atoms with Gasteiger partial charge in [0.25, 0.3) is 0 Å². The molecule has 0 spiro atoms. The molecule has 0 amide bonds. The van der Waals surface area contributed by atoms with Crippen molar-refractivity contribution in [3.05, 3.63) is 106 Å². The molecule has 8 heteroatoms. The van der Waals surface area contributed by atoms with E-state index in [-0.39, 0.29) is 13.6 Å². The van der Waals surface area contributed by atoms with Gasteiger partial charge >= 0.3 is 201 Å². The average molecular weight is 770 g/mol. The van der Waals surface area contributed by atoms with Crippen LogP contribution in [0.2, 0.25) is 14.8 Å². The van der Waals surface area contributed by atoms with Gasteiger partial charge in [0.1, 0.15) is 5.75 Å². The summed E-state index contributed by atoms with van der Waals surface area (Å²) in [5.41, 5.74) is 4.96. The summed E-state index contributed by atoms with van der Waals surface area (Å²) < 4.78 is 36.3. The molecule has 4 rings (SSSR count). The van der Waals surface area contributed by atoms with Crippen LogP contribution in [0.15, 0.2) is 83.3 Å². The van der Waals surface area contributed by atoms with Gasteiger partial charge in [-0.25, -0.2) is 0 Å². The number of benzene rings is 4. The molecule has 0 unspecified atom stereocenters. The third kappa shape index (κ3) is 9.89. The molecule has 4 aromatic carbocycles. The third-order valence-corrected chi connectivity index (χ3v) is 14.1. The van der Waals surface area contributed by atoms with E-state index in [1.807, 2.05) is 30.3 Å². The van der Waals surface area contributed by atoms with Gasteiger partial charge in [-0.05, 0) is 36.6 Å². The fourth-order valence-electron chi connectivity index (χ4n) is 5.03. The van der Waals surface area contributed by atoms with E-state index in [1.54, 1.807) is 21.3 Å². The molecule has 0 saturated heterocycles. The third-order valence-electron chi connectivity index (χ3n) is 7.34. The van der Waals surface area contributed by atoms with E-state index in [4.69, 9.17) is 28.4 Å². The minimum atomic E-state index is -2.34. The number of hydrogen-bond donors (Lipinski definition) is 0. The van der Waals surface area contributed by atoms with Gasteiger partial charge in [0.15, 0.2) is 0 Å². The molecule has 4 aromatic rings. The molecule has 0 radical (unpaired) electrons. The summed E-state index contributed by atoms with van der Waals surface area (Å²) in [7, 11) is 4.94. The monoisotopic (exact) mass is 770 g/mol. The Labute approximate surface area is 274 Å². The van der Waals surface area contributed by atoms with E-state index < -0.39 is 18.4 Å². The summed E-state index contributed by atoms with van der Waals surface area (Å²) in [6.07, 6.45) is 3.57. The van der Waals surface area contributed by atoms with E-state index >= 15 is 0 Å². The molecule has 0 bridgehead atoms. The van der Waals surface area contributed by atoms with Crippen LogP contribution in [0.1, 0.15) is 22.3 Å². The predicted molar refractivity (Wildman–Crippen MR) is 183 cm³/mol. The minimum absolute atomic E-state index is 0.144. The summed E-state index contributed by atoms with van der Waals surface area (Å²) in [6.45, 7) is 0.382. The van der Waals surface area contributed by atoms with Crippen molar-refractivity contribution in [2.45, 2.75) is 40.5 Å². The summed E-state index contributed by atoms with van der Waals surface area (Å²) in [6, 6.07) is 27.0. The number of methoxy groups -OCH3 is 3. The summed E-state index contributed by atoms with van der Waals surface area (Å²) in [5, 5.41) is 0. The molecule has 6 nitrogen and oxygen atoms in total. The van der Waals surface area contributed by atoms with E-state index in [0.717, 1.165) is 47.4 Å². The second kappa shape index (κ2) is 16.5. The van der Waals surface area contributed by atoms with Crippen LogP contribution in [-0.4, -0.2) is 53.3 Å². The molecule has 0 aliphatic rings. The van der Waals surface area contributed by atoms with Crippen molar-refractivity contribution >= 4 is 37.9 Å². The fraction of sp³-hybridized carbons (Fsp3) is 0.333. The van der Waals surface area contributed by atoms with E-state index in [1.165, 1.54) is 25.8 Å². The fourth-order valence-corrected chi connectivity index (χ4v) is 10.5. The zero-order chi connectivity index (χ0) is 31.5. The molecule has 0 aliphatic heterocycles. The van der Waals surface area contributed by atoms with Crippen LogP contribution in [0.5, 0.6) is 28.7 Å². The first-order valence-corrected chi connectivity index (χ1v) is 25.6. The summed E-state index contributed by atoms with van der Waals surface area (Å²) in [5.74, 6) is 3.77. The second-order valence-electron chi connectivity index (χ2n) is 11.7. The molecule has 0 aliphatic carbocycles. The maximum absolute atomic E-state index is 6.38. The van der Waals surface area contributed by atoms with Gasteiger partial charge in [-0.2, -0.15) is 0 Å². The Hall–Kier alpha value is -2.72. The van der Waals surface area contributed by atoms with E-state index in [9.17, 15) is 0 Å². The Kier molecular flexibility index (Phi) is 12.8. The molecular formula is C36H43BrO6Sn. The van der Waals surface area contributed by atoms with Gasteiger partial charge in [-0.15, -0.1) is 0 Å². The van der Waals surface area contributed by atoms with Crippen LogP contribution in [0.4, 0.5) is 0 Å². The number of halogens is 1. The van der Waals surface area contributed by atoms with Crippen molar-refractivity contribution < 1.29 is 28.4 Å². The summed E-state index contributed by atoms with van der Waals surface area (Å²) >= 11 is 1.31. The summed E-state index contributed by atoms with van der Waals surface area (Å²) in [4.78, 5) is 7.33. The SMILES string of the molecule is COCOc1cc[c]([Sn]([CH3])([CH3])[CH3])c(CCc2ccc(OCOC)c(Oc3ccc(CCc4cc(OC)ccc4Br)cc3)c2)c1. The van der Waals surface area contributed by atoms with Gasteiger partial charge in [0, 0.05) is 4.47 Å². The van der Waals surface area contributed by atoms with Gasteiger partial charge in [0.05, 0.1) is 7.11 Å². The second-order valence-corrected chi connectivity index (χ2v) is 26.9. The number of aryl methyl sites for hydroxylation is 4. The first kappa shape index (κ1) is 34.2.